The highest BCUT2D eigenvalue weighted by Gasteiger charge is 2.12. The lowest BCUT2D eigenvalue weighted by molar-refractivity contribution is 0.106. The molecule has 0 aliphatic carbocycles. The molecular formula is C11H22N4O. The number of rotatable bonds is 7. The second-order valence-corrected chi connectivity index (χ2v) is 4.11. The Bertz CT molecular complexity index is 300. The number of nitrogens with zero attached hydrogens (tertiary/aromatic N) is 3. The van der Waals surface area contributed by atoms with Gasteiger partial charge in [0.15, 0.2) is 0 Å². The summed E-state index contributed by atoms with van der Waals surface area (Å²) in [6, 6.07) is 0.431. The lowest BCUT2D eigenvalue weighted by atomic mass is 10.1. The molecule has 0 aliphatic rings. The second-order valence-electron chi connectivity index (χ2n) is 4.11. The van der Waals surface area contributed by atoms with Gasteiger partial charge in [0.25, 0.3) is 0 Å². The van der Waals surface area contributed by atoms with Gasteiger partial charge >= 0.3 is 0 Å². The molecule has 92 valence electrons. The zero-order valence-electron chi connectivity index (χ0n) is 10.6. The van der Waals surface area contributed by atoms with Crippen molar-refractivity contribution in [2.45, 2.75) is 38.3 Å². The average molecular weight is 226 g/mol. The van der Waals surface area contributed by atoms with Crippen LogP contribution in [-0.2, 0) is 18.2 Å². The Morgan fingerprint density at radius 3 is 2.75 bits per heavy atom. The largest absolute Gasteiger partial charge is 0.382 e. The van der Waals surface area contributed by atoms with Gasteiger partial charge in [-0.05, 0) is 26.8 Å². The first-order chi connectivity index (χ1) is 7.67. The van der Waals surface area contributed by atoms with Crippen LogP contribution in [0.5, 0.6) is 0 Å². The van der Waals surface area contributed by atoms with Crippen LogP contribution in [-0.4, -0.2) is 41.1 Å². The molecule has 0 spiro atoms. The van der Waals surface area contributed by atoms with Crippen molar-refractivity contribution in [3.05, 3.63) is 12.2 Å². The Morgan fingerprint density at radius 1 is 1.50 bits per heavy atom. The lowest BCUT2D eigenvalue weighted by Gasteiger charge is -2.17. The summed E-state index contributed by atoms with van der Waals surface area (Å²) >= 11 is 0. The van der Waals surface area contributed by atoms with Crippen molar-refractivity contribution in [3.8, 4) is 0 Å². The molecule has 1 heterocycles. The van der Waals surface area contributed by atoms with Crippen LogP contribution in [0.3, 0.4) is 0 Å². The van der Waals surface area contributed by atoms with Crippen LogP contribution in [0.4, 0.5) is 0 Å². The van der Waals surface area contributed by atoms with Crippen LogP contribution in [0, 0.1) is 0 Å². The highest BCUT2D eigenvalue weighted by atomic mass is 16.5. The van der Waals surface area contributed by atoms with Gasteiger partial charge < -0.3 is 10.1 Å². The van der Waals surface area contributed by atoms with Gasteiger partial charge in [-0.1, -0.05) is 0 Å². The van der Waals surface area contributed by atoms with Gasteiger partial charge in [-0.2, -0.15) is 5.10 Å². The van der Waals surface area contributed by atoms with Gasteiger partial charge in [-0.15, -0.1) is 0 Å². The Morgan fingerprint density at radius 2 is 2.25 bits per heavy atom. The first-order valence-electron chi connectivity index (χ1n) is 5.70. The minimum absolute atomic E-state index is 0.315. The molecule has 1 N–H and O–H groups in total. The van der Waals surface area contributed by atoms with E-state index in [4.69, 9.17) is 4.74 Å². The SMILES string of the molecule is CNC(CCC(C)OC)Cc1ncnn1C. The van der Waals surface area contributed by atoms with E-state index in [9.17, 15) is 0 Å². The summed E-state index contributed by atoms with van der Waals surface area (Å²) in [5.74, 6) is 1.02. The van der Waals surface area contributed by atoms with Crippen LogP contribution in [0.2, 0.25) is 0 Å². The zero-order chi connectivity index (χ0) is 12.0. The monoisotopic (exact) mass is 226 g/mol. The molecule has 1 rings (SSSR count). The third kappa shape index (κ3) is 3.90. The van der Waals surface area contributed by atoms with Crippen molar-refractivity contribution in [1.29, 1.82) is 0 Å². The number of likely N-dealkylation sites (N-methyl/N-ethyl adjacent to an activating group) is 1. The van der Waals surface area contributed by atoms with Crippen molar-refractivity contribution in [1.82, 2.24) is 20.1 Å². The molecule has 0 aliphatic heterocycles. The minimum atomic E-state index is 0.315. The zero-order valence-corrected chi connectivity index (χ0v) is 10.6. The van der Waals surface area contributed by atoms with E-state index in [1.54, 1.807) is 13.4 Å². The number of hydrogen-bond donors (Lipinski definition) is 1. The molecule has 0 saturated heterocycles. The summed E-state index contributed by atoms with van der Waals surface area (Å²) in [5, 5.41) is 7.38. The predicted molar refractivity (Wildman–Crippen MR) is 63.3 cm³/mol. The molecule has 0 radical (unpaired) electrons. The molecule has 1 aromatic rings. The Kier molecular flexibility index (Phi) is 5.42. The number of nitrogens with one attached hydrogen (secondary N) is 1. The van der Waals surface area contributed by atoms with Crippen molar-refractivity contribution < 1.29 is 4.74 Å². The number of aryl methyl sites for hydroxylation is 1. The molecule has 0 aromatic carbocycles. The van der Waals surface area contributed by atoms with E-state index in [0.29, 0.717) is 12.1 Å². The first kappa shape index (κ1) is 13.1. The van der Waals surface area contributed by atoms with Crippen molar-refractivity contribution >= 4 is 0 Å². The summed E-state index contributed by atoms with van der Waals surface area (Å²) in [7, 11) is 5.66. The molecule has 0 bridgehead atoms. The Balaban J connectivity index is 2.40. The number of hydrogen-bond acceptors (Lipinski definition) is 4. The third-order valence-corrected chi connectivity index (χ3v) is 2.97. The topological polar surface area (TPSA) is 52.0 Å². The molecule has 2 atom stereocenters. The molecule has 0 fully saturated rings. The number of ether oxygens (including phenoxy) is 1. The smallest absolute Gasteiger partial charge is 0.138 e. The van der Waals surface area contributed by atoms with Crippen LogP contribution in [0.1, 0.15) is 25.6 Å². The molecule has 1 aromatic heterocycles. The predicted octanol–water partition coefficient (Wildman–Crippen LogP) is 0.761. The van der Waals surface area contributed by atoms with Crippen LogP contribution in [0.15, 0.2) is 6.33 Å². The van der Waals surface area contributed by atoms with Gasteiger partial charge in [-0.25, -0.2) is 4.98 Å². The average Bonchev–Trinajstić information content (AvgIpc) is 2.69. The lowest BCUT2D eigenvalue weighted by Crippen LogP contribution is -2.30. The van der Waals surface area contributed by atoms with Gasteiger partial charge in [0.2, 0.25) is 0 Å². The molecule has 0 amide bonds. The highest BCUT2D eigenvalue weighted by molar-refractivity contribution is 4.88. The maximum absolute atomic E-state index is 5.24. The second kappa shape index (κ2) is 6.60. The quantitative estimate of drug-likeness (QED) is 0.746. The summed E-state index contributed by atoms with van der Waals surface area (Å²) in [5.41, 5.74) is 0. The summed E-state index contributed by atoms with van der Waals surface area (Å²) < 4.78 is 7.07. The van der Waals surface area contributed by atoms with Gasteiger partial charge in [0.1, 0.15) is 12.2 Å². The van der Waals surface area contributed by atoms with E-state index in [2.05, 4.69) is 22.3 Å². The fourth-order valence-corrected chi connectivity index (χ4v) is 1.63. The molecule has 16 heavy (non-hydrogen) atoms. The van der Waals surface area contributed by atoms with Gasteiger partial charge in [0.05, 0.1) is 6.10 Å². The highest BCUT2D eigenvalue weighted by Crippen LogP contribution is 2.07. The Hall–Kier alpha value is -0.940. The standard InChI is InChI=1S/C11H22N4O/c1-9(16-4)5-6-10(12-2)7-11-13-8-14-15(11)3/h8-10,12H,5-7H2,1-4H3. The molecule has 5 heteroatoms. The van der Waals surface area contributed by atoms with Gasteiger partial charge in [0, 0.05) is 26.6 Å². The van der Waals surface area contributed by atoms with Gasteiger partial charge in [-0.3, -0.25) is 4.68 Å². The summed E-state index contributed by atoms with van der Waals surface area (Å²) in [6.07, 6.45) is 4.96. The maximum atomic E-state index is 5.24. The van der Waals surface area contributed by atoms with E-state index in [1.165, 1.54) is 0 Å². The van der Waals surface area contributed by atoms with E-state index in [-0.39, 0.29) is 0 Å². The fourth-order valence-electron chi connectivity index (χ4n) is 1.63. The minimum Gasteiger partial charge on any atom is -0.382 e. The van der Waals surface area contributed by atoms with Crippen molar-refractivity contribution in [3.63, 3.8) is 0 Å². The number of methoxy groups -OCH3 is 1. The van der Waals surface area contributed by atoms with E-state index < -0.39 is 0 Å². The molecular weight excluding hydrogens is 204 g/mol. The molecule has 5 nitrogen and oxygen atoms in total. The third-order valence-electron chi connectivity index (χ3n) is 2.97. The van der Waals surface area contributed by atoms with Crippen molar-refractivity contribution in [2.24, 2.45) is 7.05 Å². The van der Waals surface area contributed by atoms with E-state index in [1.807, 2.05) is 18.8 Å². The normalized spacial score (nSPS) is 15.0. The summed E-state index contributed by atoms with van der Waals surface area (Å²) in [4.78, 5) is 4.23. The van der Waals surface area contributed by atoms with E-state index >= 15 is 0 Å². The fraction of sp³-hybridized carbons (Fsp3) is 0.818. The van der Waals surface area contributed by atoms with Crippen LogP contribution in [0.25, 0.3) is 0 Å². The van der Waals surface area contributed by atoms with Crippen molar-refractivity contribution in [2.75, 3.05) is 14.2 Å². The Labute approximate surface area is 97.2 Å². The van der Waals surface area contributed by atoms with E-state index in [0.717, 1.165) is 25.1 Å². The van der Waals surface area contributed by atoms with Crippen LogP contribution < -0.4 is 5.32 Å². The number of aromatic nitrogens is 3. The van der Waals surface area contributed by atoms with Crippen LogP contribution >= 0.6 is 0 Å². The molecule has 0 saturated carbocycles. The molecule has 2 unspecified atom stereocenters. The maximum Gasteiger partial charge on any atom is 0.138 e. The summed E-state index contributed by atoms with van der Waals surface area (Å²) in [6.45, 7) is 2.09. The first-order valence-corrected chi connectivity index (χ1v) is 5.70.